The Bertz CT molecular complexity index is 575. The van der Waals surface area contributed by atoms with Gasteiger partial charge in [-0.15, -0.1) is 5.92 Å². The fourth-order valence-electron chi connectivity index (χ4n) is 3.31. The fourth-order valence-corrected chi connectivity index (χ4v) is 3.31. The number of hydrogen-bond donors (Lipinski definition) is 0. The van der Waals surface area contributed by atoms with E-state index in [4.69, 9.17) is 0 Å². The van der Waals surface area contributed by atoms with Gasteiger partial charge < -0.3 is 9.80 Å². The van der Waals surface area contributed by atoms with Gasteiger partial charge in [0.15, 0.2) is 0 Å². The van der Waals surface area contributed by atoms with Gasteiger partial charge >= 0.3 is 0 Å². The number of nitrogens with zero attached hydrogens (tertiary/aromatic N) is 5. The summed E-state index contributed by atoms with van der Waals surface area (Å²) in [6, 6.07) is 2.18. The predicted octanol–water partition coefficient (Wildman–Crippen LogP) is 1.92. The number of piperidine rings is 1. The second kappa shape index (κ2) is 7.65. The van der Waals surface area contributed by atoms with Crippen molar-refractivity contribution in [1.82, 2.24) is 14.9 Å². The Hall–Kier alpha value is -1.80. The maximum absolute atomic E-state index is 4.68. The predicted molar refractivity (Wildman–Crippen MR) is 94.9 cm³/mol. The molecule has 124 valence electrons. The zero-order valence-corrected chi connectivity index (χ0v) is 14.4. The topological polar surface area (TPSA) is 35.5 Å². The van der Waals surface area contributed by atoms with Crippen LogP contribution in [0.5, 0.6) is 0 Å². The van der Waals surface area contributed by atoms with Gasteiger partial charge in [-0.3, -0.25) is 4.90 Å². The molecule has 3 heterocycles. The molecule has 0 amide bonds. The zero-order valence-electron chi connectivity index (χ0n) is 14.4. The molecule has 0 spiro atoms. The van der Waals surface area contributed by atoms with Gasteiger partial charge in [-0.2, -0.15) is 0 Å². The quantitative estimate of drug-likeness (QED) is 0.797. The van der Waals surface area contributed by atoms with Gasteiger partial charge in [-0.25, -0.2) is 9.97 Å². The molecule has 1 aromatic heterocycles. The van der Waals surface area contributed by atoms with E-state index >= 15 is 0 Å². The van der Waals surface area contributed by atoms with Crippen molar-refractivity contribution in [3.63, 3.8) is 0 Å². The Labute approximate surface area is 139 Å². The third kappa shape index (κ3) is 4.14. The molecule has 5 heteroatoms. The number of piperazine rings is 1. The van der Waals surface area contributed by atoms with Gasteiger partial charge in [-0.05, 0) is 33.1 Å². The lowest BCUT2D eigenvalue weighted by Crippen LogP contribution is -2.46. The van der Waals surface area contributed by atoms with Crippen LogP contribution < -0.4 is 9.80 Å². The minimum Gasteiger partial charge on any atom is -0.356 e. The van der Waals surface area contributed by atoms with Crippen LogP contribution >= 0.6 is 0 Å². The molecule has 0 radical (unpaired) electrons. The van der Waals surface area contributed by atoms with E-state index in [1.54, 1.807) is 0 Å². The first-order valence-electron chi connectivity index (χ1n) is 8.74. The van der Waals surface area contributed by atoms with E-state index in [1.807, 2.05) is 13.8 Å². The van der Waals surface area contributed by atoms with Gasteiger partial charge in [0.1, 0.15) is 17.5 Å². The Kier molecular flexibility index (Phi) is 5.35. The van der Waals surface area contributed by atoms with Crippen LogP contribution in [0.15, 0.2) is 6.07 Å². The number of rotatable bonds is 3. The minimum atomic E-state index is 0.877. The van der Waals surface area contributed by atoms with E-state index in [0.717, 1.165) is 63.3 Å². The maximum atomic E-state index is 4.68. The van der Waals surface area contributed by atoms with E-state index in [1.165, 1.54) is 19.3 Å². The third-order valence-electron chi connectivity index (χ3n) is 4.67. The monoisotopic (exact) mass is 313 g/mol. The molecule has 0 atom stereocenters. The van der Waals surface area contributed by atoms with Crippen molar-refractivity contribution in [3.05, 3.63) is 11.9 Å². The van der Waals surface area contributed by atoms with Crippen LogP contribution in [-0.4, -0.2) is 60.7 Å². The van der Waals surface area contributed by atoms with Gasteiger partial charge in [0, 0.05) is 45.3 Å². The highest BCUT2D eigenvalue weighted by molar-refractivity contribution is 5.51. The normalized spacial score (nSPS) is 19.4. The lowest BCUT2D eigenvalue weighted by atomic mass is 10.1. The average Bonchev–Trinajstić information content (AvgIpc) is 2.60. The van der Waals surface area contributed by atoms with E-state index < -0.39 is 0 Å². The van der Waals surface area contributed by atoms with Crippen LogP contribution in [-0.2, 0) is 0 Å². The fraction of sp³-hybridized carbons (Fsp3) is 0.667. The molecule has 2 saturated heterocycles. The van der Waals surface area contributed by atoms with Crippen molar-refractivity contribution in [3.8, 4) is 11.8 Å². The van der Waals surface area contributed by atoms with Gasteiger partial charge in [-0.1, -0.05) is 5.92 Å². The summed E-state index contributed by atoms with van der Waals surface area (Å²) in [4.78, 5) is 16.6. The highest BCUT2D eigenvalue weighted by Crippen LogP contribution is 2.23. The first kappa shape index (κ1) is 16.1. The number of hydrogen-bond acceptors (Lipinski definition) is 5. The van der Waals surface area contributed by atoms with Crippen molar-refractivity contribution >= 4 is 11.6 Å². The average molecular weight is 313 g/mol. The van der Waals surface area contributed by atoms with E-state index in [2.05, 4.69) is 42.6 Å². The van der Waals surface area contributed by atoms with Crippen molar-refractivity contribution in [1.29, 1.82) is 0 Å². The van der Waals surface area contributed by atoms with Gasteiger partial charge in [0.25, 0.3) is 0 Å². The first-order valence-corrected chi connectivity index (χ1v) is 8.74. The lowest BCUT2D eigenvalue weighted by molar-refractivity contribution is 0.287. The smallest absolute Gasteiger partial charge is 0.134 e. The Morgan fingerprint density at radius 1 is 0.913 bits per heavy atom. The molecule has 0 bridgehead atoms. The Balaban J connectivity index is 1.68. The van der Waals surface area contributed by atoms with Crippen LogP contribution in [0.1, 0.15) is 32.0 Å². The molecule has 1 aromatic rings. The van der Waals surface area contributed by atoms with Crippen LogP contribution in [0.2, 0.25) is 0 Å². The van der Waals surface area contributed by atoms with Crippen molar-refractivity contribution < 1.29 is 0 Å². The molecule has 0 saturated carbocycles. The maximum Gasteiger partial charge on any atom is 0.134 e. The summed E-state index contributed by atoms with van der Waals surface area (Å²) in [7, 11) is 0. The summed E-state index contributed by atoms with van der Waals surface area (Å²) in [5, 5.41) is 0. The first-order chi connectivity index (χ1) is 11.3. The largest absolute Gasteiger partial charge is 0.356 e. The van der Waals surface area contributed by atoms with Crippen LogP contribution in [0, 0.1) is 18.8 Å². The molecule has 0 aliphatic carbocycles. The molecule has 2 aliphatic heterocycles. The van der Waals surface area contributed by atoms with Crippen LogP contribution in [0.25, 0.3) is 0 Å². The lowest BCUT2D eigenvalue weighted by Gasteiger charge is -2.35. The molecule has 5 nitrogen and oxygen atoms in total. The second-order valence-electron chi connectivity index (χ2n) is 6.37. The molecular weight excluding hydrogens is 286 g/mol. The van der Waals surface area contributed by atoms with E-state index in [0.29, 0.717) is 0 Å². The second-order valence-corrected chi connectivity index (χ2v) is 6.37. The highest BCUT2D eigenvalue weighted by Gasteiger charge is 2.20. The number of aryl methyl sites for hydroxylation is 1. The Morgan fingerprint density at radius 2 is 1.52 bits per heavy atom. The molecule has 2 fully saturated rings. The summed E-state index contributed by atoms with van der Waals surface area (Å²) in [5.41, 5.74) is 0. The van der Waals surface area contributed by atoms with Crippen molar-refractivity contribution in [2.45, 2.75) is 33.1 Å². The van der Waals surface area contributed by atoms with Crippen LogP contribution in [0.3, 0.4) is 0 Å². The van der Waals surface area contributed by atoms with Crippen molar-refractivity contribution in [2.24, 2.45) is 0 Å². The molecule has 0 aromatic carbocycles. The minimum absolute atomic E-state index is 0.877. The SMILES string of the molecule is CC#CCN1CCN(c2cc(N3CCCCC3)nc(C)n2)CC1. The highest BCUT2D eigenvalue weighted by atomic mass is 15.3. The van der Waals surface area contributed by atoms with E-state index in [9.17, 15) is 0 Å². The molecular formula is C18H27N5. The van der Waals surface area contributed by atoms with Gasteiger partial charge in [0.2, 0.25) is 0 Å². The molecule has 0 N–H and O–H groups in total. The van der Waals surface area contributed by atoms with Crippen molar-refractivity contribution in [2.75, 3.05) is 55.6 Å². The zero-order chi connectivity index (χ0) is 16.1. The van der Waals surface area contributed by atoms with E-state index in [-0.39, 0.29) is 0 Å². The summed E-state index contributed by atoms with van der Waals surface area (Å²) in [6.45, 7) is 11.2. The summed E-state index contributed by atoms with van der Waals surface area (Å²) in [5.74, 6) is 9.20. The summed E-state index contributed by atoms with van der Waals surface area (Å²) in [6.07, 6.45) is 3.89. The molecule has 0 unspecified atom stereocenters. The number of anilines is 2. The standard InChI is InChI=1S/C18H27N5/c1-3-4-8-21-11-13-23(14-12-21)18-15-17(19-16(2)20-18)22-9-6-5-7-10-22/h15H,5-14H2,1-2H3. The molecule has 3 rings (SSSR count). The molecule has 23 heavy (non-hydrogen) atoms. The van der Waals surface area contributed by atoms with Gasteiger partial charge in [0.05, 0.1) is 6.54 Å². The Morgan fingerprint density at radius 3 is 2.13 bits per heavy atom. The van der Waals surface area contributed by atoms with Crippen LogP contribution in [0.4, 0.5) is 11.6 Å². The molecule has 2 aliphatic rings. The summed E-state index contributed by atoms with van der Waals surface area (Å²) < 4.78 is 0. The summed E-state index contributed by atoms with van der Waals surface area (Å²) >= 11 is 0. The number of aromatic nitrogens is 2. The third-order valence-corrected chi connectivity index (χ3v) is 4.67.